The largest absolute Gasteiger partial charge is 0.379 e. The molecule has 0 aliphatic carbocycles. The maximum Gasteiger partial charge on any atom is 0.251 e. The predicted molar refractivity (Wildman–Crippen MR) is 108 cm³/mol. The Hall–Kier alpha value is -2.77. The molecule has 0 atom stereocenters. The Morgan fingerprint density at radius 3 is 2.75 bits per heavy atom. The summed E-state index contributed by atoms with van der Waals surface area (Å²) in [6.07, 6.45) is 2.70. The average Bonchev–Trinajstić information content (AvgIpc) is 3.07. The van der Waals surface area contributed by atoms with Crippen LogP contribution in [0.1, 0.15) is 22.6 Å². The highest BCUT2D eigenvalue weighted by atomic mass is 16.5. The summed E-state index contributed by atoms with van der Waals surface area (Å²) in [5, 5.41) is 3.01. The topological polar surface area (TPSA) is 72.3 Å². The van der Waals surface area contributed by atoms with Crippen molar-refractivity contribution in [2.24, 2.45) is 0 Å². The van der Waals surface area contributed by atoms with Crippen molar-refractivity contribution < 1.29 is 9.53 Å². The molecule has 1 fully saturated rings. The molecule has 2 aromatic heterocycles. The van der Waals surface area contributed by atoms with E-state index in [4.69, 9.17) is 4.74 Å². The lowest BCUT2D eigenvalue weighted by Crippen LogP contribution is -2.38. The molecular formula is C21H25N5O2. The summed E-state index contributed by atoms with van der Waals surface area (Å²) in [5.41, 5.74) is 3.29. The molecule has 4 rings (SSSR count). The lowest BCUT2D eigenvalue weighted by atomic mass is 10.2. The van der Waals surface area contributed by atoms with E-state index in [1.165, 1.54) is 0 Å². The molecule has 3 aromatic rings. The summed E-state index contributed by atoms with van der Waals surface area (Å²) < 4.78 is 7.35. The van der Waals surface area contributed by atoms with Gasteiger partial charge in [-0.15, -0.1) is 0 Å². The van der Waals surface area contributed by atoms with Crippen LogP contribution in [0.3, 0.4) is 0 Å². The van der Waals surface area contributed by atoms with Gasteiger partial charge in [0.25, 0.3) is 5.91 Å². The van der Waals surface area contributed by atoms with Gasteiger partial charge < -0.3 is 10.1 Å². The minimum absolute atomic E-state index is 0.0427. The lowest BCUT2D eigenvalue weighted by molar-refractivity contribution is 0.0374. The van der Waals surface area contributed by atoms with Crippen LogP contribution in [0.2, 0.25) is 0 Å². The number of hydrogen-bond acceptors (Lipinski definition) is 5. The van der Waals surface area contributed by atoms with Gasteiger partial charge in [-0.05, 0) is 56.3 Å². The number of imidazole rings is 1. The van der Waals surface area contributed by atoms with Crippen LogP contribution in [-0.2, 0) is 4.74 Å². The fraction of sp³-hybridized carbons (Fsp3) is 0.381. The fourth-order valence-corrected chi connectivity index (χ4v) is 3.53. The van der Waals surface area contributed by atoms with Crippen molar-refractivity contribution in [3.05, 3.63) is 54.0 Å². The molecular weight excluding hydrogens is 354 g/mol. The Labute approximate surface area is 164 Å². The van der Waals surface area contributed by atoms with Gasteiger partial charge in [0.05, 0.1) is 13.2 Å². The van der Waals surface area contributed by atoms with E-state index in [1.807, 2.05) is 47.9 Å². The number of rotatable bonds is 6. The molecule has 1 N–H and O–H groups in total. The van der Waals surface area contributed by atoms with Crippen molar-refractivity contribution in [3.8, 4) is 5.69 Å². The molecule has 7 heteroatoms. The standard InChI is InChI=1S/C21H25N5O2/c1-16-24-19-4-2-9-22-20(19)26(16)18-7-5-17(6-8-18)21(27)23-10-3-11-25-12-14-28-15-13-25/h2,4-9H,3,10-15H2,1H3,(H,23,27). The molecule has 3 heterocycles. The van der Waals surface area contributed by atoms with E-state index in [0.29, 0.717) is 12.1 Å². The molecule has 0 spiro atoms. The molecule has 1 aromatic carbocycles. The number of ether oxygens (including phenoxy) is 1. The highest BCUT2D eigenvalue weighted by Gasteiger charge is 2.12. The second-order valence-corrected chi connectivity index (χ2v) is 6.95. The summed E-state index contributed by atoms with van der Waals surface area (Å²) in [6.45, 7) is 7.19. The van der Waals surface area contributed by atoms with Gasteiger partial charge in [0, 0.05) is 37.1 Å². The molecule has 0 saturated carbocycles. The monoisotopic (exact) mass is 379 g/mol. The zero-order valence-electron chi connectivity index (χ0n) is 16.1. The summed E-state index contributed by atoms with van der Waals surface area (Å²) >= 11 is 0. The van der Waals surface area contributed by atoms with Gasteiger partial charge in [-0.1, -0.05) is 0 Å². The quantitative estimate of drug-likeness (QED) is 0.665. The summed E-state index contributed by atoms with van der Waals surface area (Å²) in [4.78, 5) is 23.7. The number of nitrogens with one attached hydrogen (secondary N) is 1. The Kier molecular flexibility index (Phi) is 5.64. The van der Waals surface area contributed by atoms with Crippen LogP contribution in [0.25, 0.3) is 16.9 Å². The van der Waals surface area contributed by atoms with Crippen LogP contribution in [0.15, 0.2) is 42.6 Å². The Morgan fingerprint density at radius 1 is 1.18 bits per heavy atom. The first-order valence-corrected chi connectivity index (χ1v) is 9.71. The first-order chi connectivity index (χ1) is 13.7. The van der Waals surface area contributed by atoms with E-state index in [1.54, 1.807) is 6.20 Å². The van der Waals surface area contributed by atoms with Gasteiger partial charge in [0.15, 0.2) is 5.65 Å². The van der Waals surface area contributed by atoms with E-state index in [9.17, 15) is 4.79 Å². The van der Waals surface area contributed by atoms with Crippen molar-refractivity contribution in [3.63, 3.8) is 0 Å². The number of benzene rings is 1. The van der Waals surface area contributed by atoms with E-state index in [0.717, 1.165) is 61.9 Å². The SMILES string of the molecule is Cc1nc2cccnc2n1-c1ccc(C(=O)NCCCN2CCOCC2)cc1. The summed E-state index contributed by atoms with van der Waals surface area (Å²) in [7, 11) is 0. The number of carbonyl (C=O) groups is 1. The summed E-state index contributed by atoms with van der Waals surface area (Å²) in [5.74, 6) is 0.827. The van der Waals surface area contributed by atoms with Gasteiger partial charge in [0.2, 0.25) is 0 Å². The number of fused-ring (bicyclic) bond motifs is 1. The molecule has 28 heavy (non-hydrogen) atoms. The predicted octanol–water partition coefficient (Wildman–Crippen LogP) is 2.18. The molecule has 7 nitrogen and oxygen atoms in total. The van der Waals surface area contributed by atoms with Gasteiger partial charge in [0.1, 0.15) is 11.3 Å². The number of aryl methyl sites for hydroxylation is 1. The van der Waals surface area contributed by atoms with E-state index in [2.05, 4.69) is 20.2 Å². The molecule has 0 radical (unpaired) electrons. The highest BCUT2D eigenvalue weighted by molar-refractivity contribution is 5.94. The zero-order valence-corrected chi connectivity index (χ0v) is 16.1. The Bertz CT molecular complexity index is 945. The van der Waals surface area contributed by atoms with Crippen LogP contribution in [0, 0.1) is 6.92 Å². The first-order valence-electron chi connectivity index (χ1n) is 9.71. The molecule has 146 valence electrons. The Balaban J connectivity index is 1.36. The second-order valence-electron chi connectivity index (χ2n) is 6.95. The fourth-order valence-electron chi connectivity index (χ4n) is 3.53. The van der Waals surface area contributed by atoms with Crippen molar-refractivity contribution in [2.75, 3.05) is 39.4 Å². The third-order valence-electron chi connectivity index (χ3n) is 5.01. The van der Waals surface area contributed by atoms with Crippen LogP contribution >= 0.6 is 0 Å². The van der Waals surface area contributed by atoms with Crippen molar-refractivity contribution in [1.29, 1.82) is 0 Å². The van der Waals surface area contributed by atoms with Gasteiger partial charge in [-0.3, -0.25) is 14.3 Å². The minimum atomic E-state index is -0.0427. The number of carbonyl (C=O) groups excluding carboxylic acids is 1. The van der Waals surface area contributed by atoms with Crippen LogP contribution < -0.4 is 5.32 Å². The second kappa shape index (κ2) is 8.50. The molecule has 0 unspecified atom stereocenters. The zero-order chi connectivity index (χ0) is 19.3. The smallest absolute Gasteiger partial charge is 0.251 e. The maximum atomic E-state index is 12.4. The number of amides is 1. The molecule has 1 aliphatic heterocycles. The van der Waals surface area contributed by atoms with Crippen molar-refractivity contribution in [2.45, 2.75) is 13.3 Å². The molecule has 1 amide bonds. The van der Waals surface area contributed by atoms with E-state index in [-0.39, 0.29) is 5.91 Å². The van der Waals surface area contributed by atoms with Crippen molar-refractivity contribution >= 4 is 17.1 Å². The number of hydrogen-bond donors (Lipinski definition) is 1. The third kappa shape index (κ3) is 4.05. The first kappa shape index (κ1) is 18.6. The number of pyridine rings is 1. The normalized spacial score (nSPS) is 15.0. The van der Waals surface area contributed by atoms with Crippen LogP contribution in [0.5, 0.6) is 0 Å². The highest BCUT2D eigenvalue weighted by Crippen LogP contribution is 2.19. The van der Waals surface area contributed by atoms with E-state index >= 15 is 0 Å². The molecule has 0 bridgehead atoms. The Morgan fingerprint density at radius 2 is 1.96 bits per heavy atom. The lowest BCUT2D eigenvalue weighted by Gasteiger charge is -2.26. The summed E-state index contributed by atoms with van der Waals surface area (Å²) in [6, 6.07) is 11.4. The van der Waals surface area contributed by atoms with Gasteiger partial charge in [-0.25, -0.2) is 9.97 Å². The molecule has 1 saturated heterocycles. The van der Waals surface area contributed by atoms with Gasteiger partial charge >= 0.3 is 0 Å². The van der Waals surface area contributed by atoms with Crippen molar-refractivity contribution in [1.82, 2.24) is 24.8 Å². The number of aromatic nitrogens is 3. The van der Waals surface area contributed by atoms with Crippen LogP contribution in [0.4, 0.5) is 0 Å². The average molecular weight is 379 g/mol. The van der Waals surface area contributed by atoms with Gasteiger partial charge in [-0.2, -0.15) is 0 Å². The minimum Gasteiger partial charge on any atom is -0.379 e. The number of morpholine rings is 1. The van der Waals surface area contributed by atoms with E-state index < -0.39 is 0 Å². The van der Waals surface area contributed by atoms with Crippen LogP contribution in [-0.4, -0.2) is 64.7 Å². The number of nitrogens with zero attached hydrogens (tertiary/aromatic N) is 4. The third-order valence-corrected chi connectivity index (χ3v) is 5.01. The maximum absolute atomic E-state index is 12.4. The molecule has 1 aliphatic rings.